The number of aryl methyl sites for hydroxylation is 1. The molecule has 0 amide bonds. The minimum Gasteiger partial charge on any atom is -0.493 e. The molecule has 0 aliphatic rings. The van der Waals surface area contributed by atoms with Crippen LogP contribution in [0.1, 0.15) is 16.7 Å². The van der Waals surface area contributed by atoms with E-state index in [1.807, 2.05) is 30.6 Å². The highest BCUT2D eigenvalue weighted by molar-refractivity contribution is 14.0. The predicted octanol–water partition coefficient (Wildman–Crippen LogP) is 2.94. The summed E-state index contributed by atoms with van der Waals surface area (Å²) in [6, 6.07) is 5.88. The molecule has 1 aromatic carbocycles. The van der Waals surface area contributed by atoms with Crippen LogP contribution >= 0.6 is 24.0 Å². The molecule has 0 aliphatic heterocycles. The molecule has 1 heterocycles. The van der Waals surface area contributed by atoms with Gasteiger partial charge in [-0.15, -0.1) is 24.0 Å². The van der Waals surface area contributed by atoms with Gasteiger partial charge in [0, 0.05) is 32.5 Å². The lowest BCUT2D eigenvalue weighted by atomic mass is 10.1. The molecule has 0 saturated heterocycles. The zero-order valence-electron chi connectivity index (χ0n) is 17.0. The smallest absolute Gasteiger partial charge is 0.203 e. The highest BCUT2D eigenvalue weighted by Gasteiger charge is 2.13. The van der Waals surface area contributed by atoms with Crippen molar-refractivity contribution in [2.24, 2.45) is 4.99 Å². The number of ether oxygens (including phenoxy) is 3. The number of halogens is 1. The van der Waals surface area contributed by atoms with Crippen LogP contribution in [0.25, 0.3) is 0 Å². The highest BCUT2D eigenvalue weighted by atomic mass is 127. The van der Waals surface area contributed by atoms with Crippen LogP contribution in [0.5, 0.6) is 17.2 Å². The van der Waals surface area contributed by atoms with Gasteiger partial charge in [-0.3, -0.25) is 9.98 Å². The quantitative estimate of drug-likeness (QED) is 0.330. The first kappa shape index (κ1) is 23.8. The number of pyridine rings is 1. The molecule has 0 spiro atoms. The fourth-order valence-corrected chi connectivity index (χ4v) is 2.74. The molecule has 0 atom stereocenters. The Labute approximate surface area is 183 Å². The summed E-state index contributed by atoms with van der Waals surface area (Å²) in [6.07, 6.45) is 4.60. The maximum absolute atomic E-state index is 5.39. The molecule has 0 saturated carbocycles. The summed E-state index contributed by atoms with van der Waals surface area (Å²) in [5.41, 5.74) is 3.47. The second kappa shape index (κ2) is 12.3. The Morgan fingerprint density at radius 3 is 2.29 bits per heavy atom. The lowest BCUT2D eigenvalue weighted by Gasteiger charge is -2.16. The number of benzene rings is 1. The van der Waals surface area contributed by atoms with Crippen molar-refractivity contribution in [1.29, 1.82) is 0 Å². The van der Waals surface area contributed by atoms with Gasteiger partial charge in [0.05, 0.1) is 21.3 Å². The number of aliphatic imine (C=N–C) groups is 1. The van der Waals surface area contributed by atoms with E-state index in [0.717, 1.165) is 24.5 Å². The number of nitrogens with zero attached hydrogens (tertiary/aromatic N) is 2. The zero-order valence-corrected chi connectivity index (χ0v) is 19.4. The monoisotopic (exact) mass is 500 g/mol. The second-order valence-corrected chi connectivity index (χ2v) is 5.94. The second-order valence-electron chi connectivity index (χ2n) is 5.94. The molecule has 0 fully saturated rings. The van der Waals surface area contributed by atoms with Crippen LogP contribution in [0.3, 0.4) is 0 Å². The molecule has 0 bridgehead atoms. The number of rotatable bonds is 8. The van der Waals surface area contributed by atoms with Crippen molar-refractivity contribution in [1.82, 2.24) is 15.6 Å². The van der Waals surface area contributed by atoms with Crippen molar-refractivity contribution in [2.45, 2.75) is 19.9 Å². The van der Waals surface area contributed by atoms with E-state index in [-0.39, 0.29) is 24.0 Å². The number of aromatic nitrogens is 1. The molecular formula is C20H29IN4O3. The summed E-state index contributed by atoms with van der Waals surface area (Å²) in [5.74, 6) is 2.57. The van der Waals surface area contributed by atoms with E-state index in [2.05, 4.69) is 27.5 Å². The SMILES string of the molecule is CN=C(NCCc1ccncc1C)NCc1cc(OC)c(OC)c(OC)c1.I. The third kappa shape index (κ3) is 6.43. The van der Waals surface area contributed by atoms with Gasteiger partial charge in [0.15, 0.2) is 17.5 Å². The van der Waals surface area contributed by atoms with Gasteiger partial charge in [-0.2, -0.15) is 0 Å². The first-order chi connectivity index (χ1) is 13.1. The maximum atomic E-state index is 5.39. The minimum absolute atomic E-state index is 0. The van der Waals surface area contributed by atoms with E-state index >= 15 is 0 Å². The first-order valence-electron chi connectivity index (χ1n) is 8.75. The van der Waals surface area contributed by atoms with Crippen molar-refractivity contribution in [3.8, 4) is 17.2 Å². The molecule has 0 unspecified atom stereocenters. The average Bonchev–Trinajstić information content (AvgIpc) is 2.70. The third-order valence-corrected chi connectivity index (χ3v) is 4.23. The Morgan fingerprint density at radius 2 is 1.75 bits per heavy atom. The largest absolute Gasteiger partial charge is 0.493 e. The van der Waals surface area contributed by atoms with Crippen LogP contribution in [-0.2, 0) is 13.0 Å². The average molecular weight is 500 g/mol. The summed E-state index contributed by atoms with van der Waals surface area (Å²) >= 11 is 0. The minimum atomic E-state index is 0. The number of guanidine groups is 1. The van der Waals surface area contributed by atoms with Crippen LogP contribution in [-0.4, -0.2) is 45.9 Å². The van der Waals surface area contributed by atoms with Gasteiger partial charge < -0.3 is 24.8 Å². The molecular weight excluding hydrogens is 471 g/mol. The molecule has 28 heavy (non-hydrogen) atoms. The summed E-state index contributed by atoms with van der Waals surface area (Å²) in [5, 5.41) is 6.63. The summed E-state index contributed by atoms with van der Waals surface area (Å²) in [4.78, 5) is 8.39. The van der Waals surface area contributed by atoms with E-state index in [1.54, 1.807) is 28.4 Å². The fourth-order valence-electron chi connectivity index (χ4n) is 2.74. The van der Waals surface area contributed by atoms with Crippen molar-refractivity contribution >= 4 is 29.9 Å². The van der Waals surface area contributed by atoms with Gasteiger partial charge in [0.2, 0.25) is 5.75 Å². The number of hydrogen-bond donors (Lipinski definition) is 2. The van der Waals surface area contributed by atoms with E-state index in [1.165, 1.54) is 11.1 Å². The van der Waals surface area contributed by atoms with Crippen molar-refractivity contribution < 1.29 is 14.2 Å². The van der Waals surface area contributed by atoms with Crippen molar-refractivity contribution in [3.63, 3.8) is 0 Å². The van der Waals surface area contributed by atoms with Gasteiger partial charge in [0.1, 0.15) is 0 Å². The number of nitrogens with one attached hydrogen (secondary N) is 2. The summed E-state index contributed by atoms with van der Waals surface area (Å²) in [7, 11) is 6.56. The number of methoxy groups -OCH3 is 3. The molecule has 0 aliphatic carbocycles. The van der Waals surface area contributed by atoms with Crippen molar-refractivity contribution in [3.05, 3.63) is 47.3 Å². The van der Waals surface area contributed by atoms with Crippen LogP contribution < -0.4 is 24.8 Å². The van der Waals surface area contributed by atoms with E-state index in [9.17, 15) is 0 Å². The van der Waals surface area contributed by atoms with Gasteiger partial charge >= 0.3 is 0 Å². The standard InChI is InChI=1S/C20H28N4O3.HI/c1-14-12-22-8-6-16(14)7-9-23-20(21-2)24-13-15-10-17(25-3)19(27-5)18(11-15)26-4;/h6,8,10-12H,7,9,13H2,1-5H3,(H2,21,23,24);1H. The molecule has 8 heteroatoms. The first-order valence-corrected chi connectivity index (χ1v) is 8.75. The van der Waals surface area contributed by atoms with Crippen LogP contribution in [0, 0.1) is 6.92 Å². The molecule has 1 aromatic heterocycles. The van der Waals surface area contributed by atoms with Gasteiger partial charge in [-0.1, -0.05) is 0 Å². The Hall–Kier alpha value is -2.23. The molecule has 2 rings (SSSR count). The Bertz CT molecular complexity index is 759. The van der Waals surface area contributed by atoms with Gasteiger partial charge in [-0.05, 0) is 48.2 Å². The molecule has 154 valence electrons. The van der Waals surface area contributed by atoms with Gasteiger partial charge in [-0.25, -0.2) is 0 Å². The molecule has 7 nitrogen and oxygen atoms in total. The summed E-state index contributed by atoms with van der Waals surface area (Å²) < 4.78 is 16.1. The topological polar surface area (TPSA) is 77.0 Å². The van der Waals surface area contributed by atoms with Crippen molar-refractivity contribution in [2.75, 3.05) is 34.9 Å². The maximum Gasteiger partial charge on any atom is 0.203 e. The van der Waals surface area contributed by atoms with E-state index in [0.29, 0.717) is 23.8 Å². The molecule has 2 aromatic rings. The van der Waals surface area contributed by atoms with Crippen LogP contribution in [0.4, 0.5) is 0 Å². The highest BCUT2D eigenvalue weighted by Crippen LogP contribution is 2.38. The Balaban J connectivity index is 0.00000392. The van der Waals surface area contributed by atoms with E-state index in [4.69, 9.17) is 14.2 Å². The predicted molar refractivity (Wildman–Crippen MR) is 122 cm³/mol. The zero-order chi connectivity index (χ0) is 19.6. The fraction of sp³-hybridized carbons (Fsp3) is 0.400. The molecule has 2 N–H and O–H groups in total. The molecule has 0 radical (unpaired) electrons. The lowest BCUT2D eigenvalue weighted by Crippen LogP contribution is -2.37. The summed E-state index contributed by atoms with van der Waals surface area (Å²) in [6.45, 7) is 3.42. The Morgan fingerprint density at radius 1 is 1.07 bits per heavy atom. The van der Waals surface area contributed by atoms with E-state index < -0.39 is 0 Å². The Kier molecular flexibility index (Phi) is 10.4. The normalized spacial score (nSPS) is 10.7. The lowest BCUT2D eigenvalue weighted by molar-refractivity contribution is 0.323. The third-order valence-electron chi connectivity index (χ3n) is 4.23. The van der Waals surface area contributed by atoms with Crippen LogP contribution in [0.15, 0.2) is 35.6 Å². The number of hydrogen-bond acceptors (Lipinski definition) is 5. The van der Waals surface area contributed by atoms with Crippen LogP contribution in [0.2, 0.25) is 0 Å². The van der Waals surface area contributed by atoms with Gasteiger partial charge in [0.25, 0.3) is 0 Å².